The molecule has 1 aliphatic heterocycles. The molecule has 1 aromatic carbocycles. The van der Waals surface area contributed by atoms with Gasteiger partial charge in [-0.2, -0.15) is 0 Å². The van der Waals surface area contributed by atoms with Crippen LogP contribution in [-0.4, -0.2) is 56.5 Å². The van der Waals surface area contributed by atoms with Gasteiger partial charge < -0.3 is 20.3 Å². The van der Waals surface area contributed by atoms with Crippen molar-refractivity contribution in [2.24, 2.45) is 0 Å². The van der Waals surface area contributed by atoms with Crippen LogP contribution in [0.15, 0.2) is 36.8 Å². The summed E-state index contributed by atoms with van der Waals surface area (Å²) >= 11 is 0. The van der Waals surface area contributed by atoms with Crippen LogP contribution in [0, 0.1) is 0 Å². The van der Waals surface area contributed by atoms with Gasteiger partial charge in [-0.25, -0.2) is 4.98 Å². The maximum Gasteiger partial charge on any atom is 0.254 e. The molecule has 27 heavy (non-hydrogen) atoms. The fourth-order valence-corrected chi connectivity index (χ4v) is 3.24. The first kappa shape index (κ1) is 19.1. The van der Waals surface area contributed by atoms with Crippen molar-refractivity contribution in [1.29, 1.82) is 0 Å². The van der Waals surface area contributed by atoms with Crippen molar-refractivity contribution < 1.29 is 14.7 Å². The average molecular weight is 370 g/mol. The predicted molar refractivity (Wildman–Crippen MR) is 101 cm³/mol. The van der Waals surface area contributed by atoms with Crippen molar-refractivity contribution in [3.8, 4) is 0 Å². The van der Waals surface area contributed by atoms with Gasteiger partial charge in [0.2, 0.25) is 5.91 Å². The summed E-state index contributed by atoms with van der Waals surface area (Å²) in [5.74, 6) is -0.304. The monoisotopic (exact) mass is 370 g/mol. The fourth-order valence-electron chi connectivity index (χ4n) is 3.24. The zero-order valence-corrected chi connectivity index (χ0v) is 15.7. The Morgan fingerprint density at radius 1 is 1.41 bits per heavy atom. The standard InChI is InChI=1S/C20H26N4O3/c1-20(2,27)7-6-14-4-3-5-15(10-14)19(26)24-9-8-22-18(25)17(24)11-16-12-21-13-23-16/h3-5,10,12-13,17,27H,6-9,11H2,1-2H3,(H,21,23)(H,22,25)/t17-/m1/s1. The maximum absolute atomic E-state index is 13.1. The quantitative estimate of drug-likeness (QED) is 0.714. The number of carbonyl (C=O) groups excluding carboxylic acids is 2. The van der Waals surface area contributed by atoms with Gasteiger partial charge in [-0.05, 0) is 44.4 Å². The van der Waals surface area contributed by atoms with Crippen LogP contribution >= 0.6 is 0 Å². The van der Waals surface area contributed by atoms with Gasteiger partial charge in [0.05, 0.1) is 11.9 Å². The van der Waals surface area contributed by atoms with E-state index < -0.39 is 11.6 Å². The van der Waals surface area contributed by atoms with Gasteiger partial charge in [0, 0.05) is 37.0 Å². The van der Waals surface area contributed by atoms with Crippen LogP contribution in [0.1, 0.15) is 41.9 Å². The topological polar surface area (TPSA) is 98.3 Å². The van der Waals surface area contributed by atoms with E-state index >= 15 is 0 Å². The van der Waals surface area contributed by atoms with E-state index in [1.165, 1.54) is 0 Å². The number of imidazole rings is 1. The van der Waals surface area contributed by atoms with Crippen molar-refractivity contribution in [3.63, 3.8) is 0 Å². The SMILES string of the molecule is CC(C)(O)CCc1cccc(C(=O)N2CCNC(=O)[C@H]2Cc2cnc[nH]2)c1. The van der Waals surface area contributed by atoms with Gasteiger partial charge in [0.25, 0.3) is 5.91 Å². The van der Waals surface area contributed by atoms with Gasteiger partial charge >= 0.3 is 0 Å². The third kappa shape index (κ3) is 4.95. The molecule has 3 N–H and O–H groups in total. The minimum absolute atomic E-state index is 0.151. The number of carbonyl (C=O) groups is 2. The first-order valence-corrected chi connectivity index (χ1v) is 9.21. The van der Waals surface area contributed by atoms with E-state index in [4.69, 9.17) is 0 Å². The molecule has 2 aromatic rings. The Hall–Kier alpha value is -2.67. The summed E-state index contributed by atoms with van der Waals surface area (Å²) in [5, 5.41) is 12.8. The molecule has 0 radical (unpaired) electrons. The number of aliphatic hydroxyl groups is 1. The molecule has 0 saturated carbocycles. The predicted octanol–water partition coefficient (Wildman–Crippen LogP) is 1.30. The molecule has 1 aliphatic rings. The molecule has 3 rings (SSSR count). The molecule has 1 aromatic heterocycles. The minimum atomic E-state index is -0.750. The third-order valence-corrected chi connectivity index (χ3v) is 4.76. The van der Waals surface area contributed by atoms with Gasteiger partial charge in [-0.15, -0.1) is 0 Å². The van der Waals surface area contributed by atoms with Crippen LogP contribution < -0.4 is 5.32 Å². The molecule has 7 heteroatoms. The molecule has 1 saturated heterocycles. The Bertz CT molecular complexity index is 796. The summed E-state index contributed by atoms with van der Waals surface area (Å²) < 4.78 is 0. The van der Waals surface area contributed by atoms with Crippen molar-refractivity contribution in [2.75, 3.05) is 13.1 Å². The van der Waals surface area contributed by atoms with E-state index in [0.717, 1.165) is 11.3 Å². The van der Waals surface area contributed by atoms with E-state index in [0.29, 0.717) is 37.9 Å². The Labute approximate surface area is 158 Å². The van der Waals surface area contributed by atoms with Crippen molar-refractivity contribution in [1.82, 2.24) is 20.2 Å². The van der Waals surface area contributed by atoms with E-state index in [1.54, 1.807) is 37.3 Å². The molecule has 7 nitrogen and oxygen atoms in total. The summed E-state index contributed by atoms with van der Waals surface area (Å²) in [6.07, 6.45) is 4.92. The Kier molecular flexibility index (Phi) is 5.60. The van der Waals surface area contributed by atoms with Crippen molar-refractivity contribution in [3.05, 3.63) is 53.6 Å². The Morgan fingerprint density at radius 2 is 2.22 bits per heavy atom. The molecule has 0 unspecified atom stereocenters. The number of aromatic nitrogens is 2. The number of H-pyrrole nitrogens is 1. The number of nitrogens with one attached hydrogen (secondary N) is 2. The molecule has 2 amide bonds. The molecule has 0 bridgehead atoms. The zero-order chi connectivity index (χ0) is 19.4. The van der Waals surface area contributed by atoms with E-state index in [-0.39, 0.29) is 11.8 Å². The highest BCUT2D eigenvalue weighted by Crippen LogP contribution is 2.18. The zero-order valence-electron chi connectivity index (χ0n) is 15.7. The van der Waals surface area contributed by atoms with Crippen LogP contribution in [-0.2, 0) is 17.6 Å². The summed E-state index contributed by atoms with van der Waals surface area (Å²) in [7, 11) is 0. The van der Waals surface area contributed by atoms with Crippen LogP contribution in [0.2, 0.25) is 0 Å². The maximum atomic E-state index is 13.1. The Balaban J connectivity index is 1.77. The highest BCUT2D eigenvalue weighted by molar-refractivity contribution is 5.98. The van der Waals surface area contributed by atoms with Gasteiger partial charge in [-0.1, -0.05) is 12.1 Å². The van der Waals surface area contributed by atoms with Crippen molar-refractivity contribution in [2.45, 2.75) is 44.8 Å². The molecule has 144 valence electrons. The van der Waals surface area contributed by atoms with Crippen LogP contribution in [0.4, 0.5) is 0 Å². The number of aromatic amines is 1. The summed E-state index contributed by atoms with van der Waals surface area (Å²) in [4.78, 5) is 34.1. The van der Waals surface area contributed by atoms with E-state index in [9.17, 15) is 14.7 Å². The van der Waals surface area contributed by atoms with E-state index in [2.05, 4.69) is 15.3 Å². The molecule has 1 fully saturated rings. The summed E-state index contributed by atoms with van der Waals surface area (Å²) in [6, 6.07) is 6.87. The number of hydrogen-bond donors (Lipinski definition) is 3. The highest BCUT2D eigenvalue weighted by Gasteiger charge is 2.34. The number of piperazine rings is 1. The lowest BCUT2D eigenvalue weighted by molar-refractivity contribution is -0.127. The van der Waals surface area contributed by atoms with Crippen LogP contribution in [0.5, 0.6) is 0 Å². The second-order valence-corrected chi connectivity index (χ2v) is 7.60. The van der Waals surface area contributed by atoms with Crippen LogP contribution in [0.25, 0.3) is 0 Å². The molecule has 0 aliphatic carbocycles. The molecule has 1 atom stereocenters. The number of nitrogens with zero attached hydrogens (tertiary/aromatic N) is 2. The fraction of sp³-hybridized carbons (Fsp3) is 0.450. The smallest absolute Gasteiger partial charge is 0.254 e. The lowest BCUT2D eigenvalue weighted by Gasteiger charge is -2.35. The number of rotatable bonds is 6. The van der Waals surface area contributed by atoms with Gasteiger partial charge in [0.1, 0.15) is 6.04 Å². The summed E-state index contributed by atoms with van der Waals surface area (Å²) in [5.41, 5.74) is 1.62. The molecule has 0 spiro atoms. The average Bonchev–Trinajstić information content (AvgIpc) is 3.14. The van der Waals surface area contributed by atoms with Crippen LogP contribution in [0.3, 0.4) is 0 Å². The Morgan fingerprint density at radius 3 is 2.93 bits per heavy atom. The number of aryl methyl sites for hydroxylation is 1. The number of hydrogen-bond acceptors (Lipinski definition) is 4. The number of benzene rings is 1. The first-order valence-electron chi connectivity index (χ1n) is 9.21. The van der Waals surface area contributed by atoms with Crippen molar-refractivity contribution >= 4 is 11.8 Å². The lowest BCUT2D eigenvalue weighted by atomic mass is 9.97. The van der Waals surface area contributed by atoms with Gasteiger partial charge in [-0.3, -0.25) is 9.59 Å². The molecular weight excluding hydrogens is 344 g/mol. The van der Waals surface area contributed by atoms with Gasteiger partial charge in [0.15, 0.2) is 0 Å². The normalized spacial score (nSPS) is 17.7. The second kappa shape index (κ2) is 7.92. The first-order chi connectivity index (χ1) is 12.8. The summed E-state index contributed by atoms with van der Waals surface area (Å²) in [6.45, 7) is 4.46. The molecule has 2 heterocycles. The molecular formula is C20H26N4O3. The minimum Gasteiger partial charge on any atom is -0.390 e. The van der Waals surface area contributed by atoms with E-state index in [1.807, 2.05) is 18.2 Å². The second-order valence-electron chi connectivity index (χ2n) is 7.60. The largest absolute Gasteiger partial charge is 0.390 e. The lowest BCUT2D eigenvalue weighted by Crippen LogP contribution is -2.58. The highest BCUT2D eigenvalue weighted by atomic mass is 16.3. The number of amides is 2. The third-order valence-electron chi connectivity index (χ3n) is 4.76.